The van der Waals surface area contributed by atoms with Crippen molar-refractivity contribution in [3.63, 3.8) is 0 Å². The molecule has 34 heavy (non-hydrogen) atoms. The van der Waals surface area contributed by atoms with Crippen LogP contribution in [0.4, 0.5) is 10.5 Å². The second-order valence-electron chi connectivity index (χ2n) is 10.5. The van der Waals surface area contributed by atoms with E-state index in [1.165, 1.54) is 32.7 Å². The van der Waals surface area contributed by atoms with Crippen LogP contribution in [0.25, 0.3) is 4.85 Å². The van der Waals surface area contributed by atoms with E-state index in [1.807, 2.05) is 23.1 Å². The molecule has 1 aromatic carbocycles. The minimum Gasteiger partial charge on any atom is -0.448 e. The van der Waals surface area contributed by atoms with Crippen LogP contribution in [0, 0.1) is 18.4 Å². The lowest BCUT2D eigenvalue weighted by molar-refractivity contribution is -0.142. The second-order valence-corrected chi connectivity index (χ2v) is 10.5. The molecule has 7 nitrogen and oxygen atoms in total. The molecule has 0 unspecified atom stereocenters. The largest absolute Gasteiger partial charge is 0.448 e. The van der Waals surface area contributed by atoms with Crippen molar-refractivity contribution in [1.82, 2.24) is 15.1 Å². The van der Waals surface area contributed by atoms with Gasteiger partial charge in [-0.3, -0.25) is 4.79 Å². The Hall–Kier alpha value is -2.59. The summed E-state index contributed by atoms with van der Waals surface area (Å²) in [4.78, 5) is 33.4. The van der Waals surface area contributed by atoms with Gasteiger partial charge in [0.1, 0.15) is 6.61 Å². The molecule has 0 radical (unpaired) electrons. The van der Waals surface area contributed by atoms with Crippen molar-refractivity contribution in [3.05, 3.63) is 40.7 Å². The summed E-state index contributed by atoms with van der Waals surface area (Å²) in [6, 6.07) is 6.43. The van der Waals surface area contributed by atoms with Gasteiger partial charge in [0, 0.05) is 19.6 Å². The fourth-order valence-corrected chi connectivity index (χ4v) is 6.33. The van der Waals surface area contributed by atoms with E-state index in [0.717, 1.165) is 48.9 Å². The van der Waals surface area contributed by atoms with Crippen molar-refractivity contribution < 1.29 is 14.3 Å². The minimum absolute atomic E-state index is 0.138. The Balaban J connectivity index is 1.50. The lowest BCUT2D eigenvalue weighted by Crippen LogP contribution is -2.57. The molecular formula is C27H38N4O3. The third-order valence-corrected chi connectivity index (χ3v) is 8.44. The Bertz CT molecular complexity index is 938. The van der Waals surface area contributed by atoms with E-state index in [-0.39, 0.29) is 12.5 Å². The number of carbonyl (C=O) groups is 2. The van der Waals surface area contributed by atoms with Crippen LogP contribution >= 0.6 is 0 Å². The predicted octanol–water partition coefficient (Wildman–Crippen LogP) is 4.48. The van der Waals surface area contributed by atoms with Crippen LogP contribution in [-0.2, 0) is 21.5 Å². The van der Waals surface area contributed by atoms with E-state index >= 15 is 0 Å². The molecule has 2 fully saturated rings. The van der Waals surface area contributed by atoms with Crippen molar-refractivity contribution >= 4 is 17.7 Å². The molecule has 0 aromatic heterocycles. The number of fused-ring (bicyclic) bond motifs is 2. The lowest BCUT2D eigenvalue weighted by Gasteiger charge is -2.49. The van der Waals surface area contributed by atoms with Gasteiger partial charge in [-0.25, -0.2) is 9.64 Å². The number of hydrogen-bond acceptors (Lipinski definition) is 4. The van der Waals surface area contributed by atoms with E-state index in [2.05, 4.69) is 28.9 Å². The summed E-state index contributed by atoms with van der Waals surface area (Å²) < 4.78 is 5.17. The van der Waals surface area contributed by atoms with Crippen LogP contribution in [0.1, 0.15) is 63.5 Å². The molecule has 0 bridgehead atoms. The first-order valence-corrected chi connectivity index (χ1v) is 12.8. The maximum Gasteiger partial charge on any atom is 0.406 e. The molecule has 2 heterocycles. The first kappa shape index (κ1) is 24.5. The summed E-state index contributed by atoms with van der Waals surface area (Å²) in [6.45, 7) is 14.9. The van der Waals surface area contributed by atoms with Gasteiger partial charge in [0.2, 0.25) is 5.91 Å². The maximum absolute atomic E-state index is 13.9. The Labute approximate surface area is 203 Å². The van der Waals surface area contributed by atoms with Gasteiger partial charge in [0.15, 0.2) is 5.69 Å². The monoisotopic (exact) mass is 466 g/mol. The first-order valence-electron chi connectivity index (χ1n) is 12.8. The molecule has 1 aliphatic carbocycles. The number of rotatable bonds is 5. The summed E-state index contributed by atoms with van der Waals surface area (Å²) in [5.74, 6) is 1.75. The molecule has 1 aromatic rings. The fourth-order valence-electron chi connectivity index (χ4n) is 6.33. The fraction of sp³-hybridized carbons (Fsp3) is 0.667. The van der Waals surface area contributed by atoms with Crippen molar-refractivity contribution in [1.29, 1.82) is 0 Å². The molecular weight excluding hydrogens is 428 g/mol. The van der Waals surface area contributed by atoms with Crippen molar-refractivity contribution in [2.45, 2.75) is 70.4 Å². The highest BCUT2D eigenvalue weighted by molar-refractivity contribution is 5.91. The zero-order chi connectivity index (χ0) is 24.3. The van der Waals surface area contributed by atoms with Crippen LogP contribution in [0.15, 0.2) is 18.2 Å². The smallest absolute Gasteiger partial charge is 0.406 e. The third kappa shape index (κ3) is 4.79. The molecule has 7 heteroatoms. The Morgan fingerprint density at radius 3 is 2.56 bits per heavy atom. The highest BCUT2D eigenvalue weighted by Crippen LogP contribution is 2.45. The minimum atomic E-state index is -0.549. The molecule has 2 aliphatic heterocycles. The number of nitrogens with zero attached hydrogens (tertiary/aromatic N) is 3. The maximum atomic E-state index is 13.9. The molecule has 2 amide bonds. The number of likely N-dealkylation sites (tertiary alicyclic amines) is 1. The van der Waals surface area contributed by atoms with E-state index in [0.29, 0.717) is 24.8 Å². The molecule has 3 aliphatic rings. The van der Waals surface area contributed by atoms with Gasteiger partial charge in [-0.1, -0.05) is 32.0 Å². The molecule has 1 spiro atoms. The van der Waals surface area contributed by atoms with Gasteiger partial charge in [-0.2, -0.15) is 0 Å². The number of carbonyl (C=O) groups excluding carboxylic acids is 2. The first-order chi connectivity index (χ1) is 16.4. The number of ether oxygens (including phenoxy) is 1. The summed E-state index contributed by atoms with van der Waals surface area (Å²) in [7, 11) is 1.52. The second kappa shape index (κ2) is 10.4. The number of piperidine rings is 1. The van der Waals surface area contributed by atoms with Crippen molar-refractivity contribution in [2.24, 2.45) is 11.8 Å². The van der Waals surface area contributed by atoms with Crippen LogP contribution in [0.2, 0.25) is 0 Å². The quantitative estimate of drug-likeness (QED) is 0.650. The molecule has 4 rings (SSSR count). The number of benzene rings is 1. The van der Waals surface area contributed by atoms with Crippen LogP contribution in [0.5, 0.6) is 0 Å². The van der Waals surface area contributed by atoms with E-state index in [1.54, 1.807) is 0 Å². The average Bonchev–Trinajstić information content (AvgIpc) is 2.87. The number of amides is 2. The molecule has 1 saturated carbocycles. The Morgan fingerprint density at radius 1 is 1.24 bits per heavy atom. The molecule has 1 N–H and O–H groups in total. The molecule has 1 saturated heterocycles. The van der Waals surface area contributed by atoms with Crippen LogP contribution in [-0.4, -0.2) is 61.1 Å². The highest BCUT2D eigenvalue weighted by atomic mass is 16.5. The lowest BCUT2D eigenvalue weighted by atomic mass is 9.67. The SMILES string of the molecule is [C-]#[N+]c1ccc2c(c1)CN(CCOC(=O)NC)C(=O)C21CCN(C2CCC(C(C)C)CC2)CC1. The van der Waals surface area contributed by atoms with Crippen molar-refractivity contribution in [2.75, 3.05) is 33.3 Å². The predicted molar refractivity (Wildman–Crippen MR) is 132 cm³/mol. The van der Waals surface area contributed by atoms with Gasteiger partial charge >= 0.3 is 6.09 Å². The highest BCUT2D eigenvalue weighted by Gasteiger charge is 2.49. The van der Waals surface area contributed by atoms with Gasteiger partial charge in [0.25, 0.3) is 0 Å². The van der Waals surface area contributed by atoms with Crippen LogP contribution in [0.3, 0.4) is 0 Å². The molecule has 0 atom stereocenters. The summed E-state index contributed by atoms with van der Waals surface area (Å²) in [6.07, 6.45) is 6.25. The third-order valence-electron chi connectivity index (χ3n) is 8.44. The van der Waals surface area contributed by atoms with Crippen LogP contribution < -0.4 is 5.32 Å². The van der Waals surface area contributed by atoms with E-state index < -0.39 is 11.5 Å². The van der Waals surface area contributed by atoms with Crippen molar-refractivity contribution in [3.8, 4) is 0 Å². The van der Waals surface area contributed by atoms with Gasteiger partial charge in [-0.15, -0.1) is 0 Å². The van der Waals surface area contributed by atoms with E-state index in [9.17, 15) is 9.59 Å². The number of nitrogens with one attached hydrogen (secondary N) is 1. The van der Waals surface area contributed by atoms with Gasteiger partial charge in [-0.05, 0) is 74.6 Å². The summed E-state index contributed by atoms with van der Waals surface area (Å²) >= 11 is 0. The van der Waals surface area contributed by atoms with E-state index in [4.69, 9.17) is 11.3 Å². The van der Waals surface area contributed by atoms with Gasteiger partial charge < -0.3 is 19.9 Å². The number of hydrogen-bond donors (Lipinski definition) is 1. The summed E-state index contributed by atoms with van der Waals surface area (Å²) in [5, 5.41) is 2.44. The average molecular weight is 467 g/mol. The zero-order valence-electron chi connectivity index (χ0n) is 20.8. The summed E-state index contributed by atoms with van der Waals surface area (Å²) in [5.41, 5.74) is 2.20. The molecule has 184 valence electrons. The van der Waals surface area contributed by atoms with Gasteiger partial charge in [0.05, 0.1) is 18.5 Å². The normalized spacial score (nSPS) is 24.6. The topological polar surface area (TPSA) is 66.2 Å². The zero-order valence-corrected chi connectivity index (χ0v) is 20.8. The Kier molecular flexibility index (Phi) is 7.47. The number of alkyl carbamates (subject to hydrolysis) is 1. The Morgan fingerprint density at radius 2 is 1.94 bits per heavy atom. The standard InChI is InChI=1S/C27H38N4O3/c1-19(2)20-5-8-23(9-6-20)30-13-11-27(12-14-30)24-10-7-22(28-3)17-21(24)18-31(25(27)32)15-16-34-26(33)29-4/h7,10,17,19-20,23H,5-6,8-9,11-16,18H2,1-2,4H3,(H,29,33).